The van der Waals surface area contributed by atoms with Crippen LogP contribution in [0, 0.1) is 0 Å². The Morgan fingerprint density at radius 1 is 1.18 bits per heavy atom. The molecule has 0 spiro atoms. The molecule has 2 rings (SSSR count). The lowest BCUT2D eigenvalue weighted by Crippen LogP contribution is -2.37. The van der Waals surface area contributed by atoms with Gasteiger partial charge in [0.2, 0.25) is 0 Å². The van der Waals surface area contributed by atoms with Crippen LogP contribution in [0.1, 0.15) is 64.7 Å². The van der Waals surface area contributed by atoms with E-state index in [1.165, 1.54) is 23.1 Å². The molecule has 0 saturated heterocycles. The molecule has 0 unspecified atom stereocenters. The van der Waals surface area contributed by atoms with Crippen molar-refractivity contribution in [1.29, 1.82) is 0 Å². The van der Waals surface area contributed by atoms with Gasteiger partial charge in [0.1, 0.15) is 11.4 Å². The van der Waals surface area contributed by atoms with Crippen LogP contribution in [0.5, 0.6) is 5.75 Å². The van der Waals surface area contributed by atoms with Crippen molar-refractivity contribution in [2.75, 3.05) is 0 Å². The van der Waals surface area contributed by atoms with Crippen LogP contribution in [0.4, 0.5) is 0 Å². The Balaban J connectivity index is 2.54. The van der Waals surface area contributed by atoms with Crippen LogP contribution in [0.25, 0.3) is 0 Å². The summed E-state index contributed by atoms with van der Waals surface area (Å²) in [6.07, 6.45) is 2.36. The molecule has 0 N–H and O–H groups in total. The van der Waals surface area contributed by atoms with E-state index in [1.54, 1.807) is 0 Å². The quantitative estimate of drug-likeness (QED) is 0.726. The monoisotopic (exact) mass is 232 g/mol. The summed E-state index contributed by atoms with van der Waals surface area (Å²) in [7, 11) is 0. The van der Waals surface area contributed by atoms with Crippen molar-refractivity contribution in [3.63, 3.8) is 0 Å². The van der Waals surface area contributed by atoms with Crippen LogP contribution in [-0.4, -0.2) is 0 Å². The number of aryl methyl sites for hydroxylation is 1. The van der Waals surface area contributed by atoms with E-state index in [9.17, 15) is 0 Å². The van der Waals surface area contributed by atoms with Gasteiger partial charge in [-0.05, 0) is 37.3 Å². The molecule has 0 amide bonds. The average molecular weight is 232 g/mol. The zero-order valence-electron chi connectivity index (χ0n) is 12.0. The van der Waals surface area contributed by atoms with E-state index >= 15 is 0 Å². The van der Waals surface area contributed by atoms with Crippen molar-refractivity contribution >= 4 is 0 Å². The number of rotatable bonds is 2. The van der Waals surface area contributed by atoms with Crippen molar-refractivity contribution < 1.29 is 4.74 Å². The fraction of sp³-hybridized carbons (Fsp3) is 0.625. The lowest BCUT2D eigenvalue weighted by atomic mass is 9.78. The number of ether oxygens (including phenoxy) is 1. The minimum atomic E-state index is -0.0981. The highest BCUT2D eigenvalue weighted by Crippen LogP contribution is 2.49. The third-order valence-corrected chi connectivity index (χ3v) is 3.50. The normalized spacial score (nSPS) is 17.1. The minimum absolute atomic E-state index is 0.0981. The first kappa shape index (κ1) is 12.5. The molecule has 0 aromatic heterocycles. The Bertz CT molecular complexity index is 436. The van der Waals surface area contributed by atoms with Crippen molar-refractivity contribution in [2.24, 2.45) is 0 Å². The molecule has 0 saturated carbocycles. The summed E-state index contributed by atoms with van der Waals surface area (Å²) in [5.41, 5.74) is 4.25. The largest absolute Gasteiger partial charge is 0.482 e. The van der Waals surface area contributed by atoms with E-state index < -0.39 is 0 Å². The summed E-state index contributed by atoms with van der Waals surface area (Å²) >= 11 is 0. The van der Waals surface area contributed by atoms with E-state index in [4.69, 9.17) is 4.74 Å². The molecular formula is C16H24O. The number of hydrogen-bond donors (Lipinski definition) is 0. The van der Waals surface area contributed by atoms with E-state index in [0.717, 1.165) is 12.2 Å². The minimum Gasteiger partial charge on any atom is -0.482 e. The molecule has 1 aromatic carbocycles. The van der Waals surface area contributed by atoms with Crippen LogP contribution in [0.15, 0.2) is 12.1 Å². The fourth-order valence-electron chi connectivity index (χ4n) is 2.50. The van der Waals surface area contributed by atoms with Crippen LogP contribution in [-0.2, 0) is 17.4 Å². The summed E-state index contributed by atoms with van der Waals surface area (Å²) in [5.74, 6) is 1.13. The average Bonchev–Trinajstić information content (AvgIpc) is 2.17. The molecular weight excluding hydrogens is 208 g/mol. The van der Waals surface area contributed by atoms with Crippen molar-refractivity contribution in [3.8, 4) is 5.75 Å². The third kappa shape index (κ3) is 2.08. The van der Waals surface area contributed by atoms with Gasteiger partial charge in [-0.1, -0.05) is 40.2 Å². The zero-order valence-corrected chi connectivity index (χ0v) is 12.0. The smallest absolute Gasteiger partial charge is 0.132 e. The zero-order chi connectivity index (χ0) is 12.8. The molecule has 1 nitrogen and oxygen atoms in total. The summed E-state index contributed by atoms with van der Waals surface area (Å²) < 4.78 is 5.96. The molecule has 0 radical (unpaired) electrons. The van der Waals surface area contributed by atoms with Gasteiger partial charge < -0.3 is 4.74 Å². The summed E-state index contributed by atoms with van der Waals surface area (Å²) in [5, 5.41) is 0. The summed E-state index contributed by atoms with van der Waals surface area (Å²) in [4.78, 5) is 0. The van der Waals surface area contributed by atoms with E-state index in [1.807, 2.05) is 0 Å². The van der Waals surface area contributed by atoms with Gasteiger partial charge in [-0.25, -0.2) is 0 Å². The predicted molar refractivity (Wildman–Crippen MR) is 72.8 cm³/mol. The van der Waals surface area contributed by atoms with Gasteiger partial charge in [0, 0.05) is 11.1 Å². The molecule has 0 fully saturated rings. The van der Waals surface area contributed by atoms with Crippen LogP contribution < -0.4 is 4.74 Å². The lowest BCUT2D eigenvalue weighted by molar-refractivity contribution is 0.0483. The maximum Gasteiger partial charge on any atom is 0.132 e. The third-order valence-electron chi connectivity index (χ3n) is 3.50. The molecule has 1 aromatic rings. The van der Waals surface area contributed by atoms with Gasteiger partial charge in [-0.2, -0.15) is 0 Å². The molecule has 1 aliphatic rings. The number of fused-ring (bicyclic) bond motifs is 1. The van der Waals surface area contributed by atoms with Crippen molar-refractivity contribution in [2.45, 2.75) is 65.4 Å². The molecule has 0 atom stereocenters. The van der Waals surface area contributed by atoms with Gasteiger partial charge in [0.05, 0.1) is 0 Å². The van der Waals surface area contributed by atoms with E-state index in [0.29, 0.717) is 0 Å². The summed E-state index contributed by atoms with van der Waals surface area (Å²) in [6.45, 7) is 13.3. The predicted octanol–water partition coefficient (Wildman–Crippen LogP) is 4.56. The standard InChI is InChI=1S/C16H24O/c1-7-8-11-9-12(15(2,3)4)14-13(10-11)16(5,6)17-14/h9-10H,7-8H2,1-6H3. The first-order valence-electron chi connectivity index (χ1n) is 6.62. The maximum atomic E-state index is 5.96. The first-order valence-corrected chi connectivity index (χ1v) is 6.62. The Morgan fingerprint density at radius 3 is 2.29 bits per heavy atom. The molecule has 0 aliphatic carbocycles. The lowest BCUT2D eigenvalue weighted by Gasteiger charge is -2.42. The molecule has 17 heavy (non-hydrogen) atoms. The molecule has 1 aliphatic heterocycles. The second-order valence-corrected chi connectivity index (χ2v) is 6.63. The molecule has 0 bridgehead atoms. The van der Waals surface area contributed by atoms with Crippen LogP contribution >= 0.6 is 0 Å². The SMILES string of the molecule is CCCc1cc(C(C)(C)C)c2c(c1)C(C)(C)O2. The van der Waals surface area contributed by atoms with Gasteiger partial charge in [0.15, 0.2) is 0 Å². The topological polar surface area (TPSA) is 9.23 Å². The number of hydrogen-bond acceptors (Lipinski definition) is 1. The molecule has 1 heteroatoms. The Morgan fingerprint density at radius 2 is 1.82 bits per heavy atom. The highest BCUT2D eigenvalue weighted by atomic mass is 16.5. The van der Waals surface area contributed by atoms with Gasteiger partial charge in [0.25, 0.3) is 0 Å². The van der Waals surface area contributed by atoms with Crippen LogP contribution in [0.3, 0.4) is 0 Å². The molecule has 1 heterocycles. The highest BCUT2D eigenvalue weighted by molar-refractivity contribution is 5.55. The van der Waals surface area contributed by atoms with Crippen molar-refractivity contribution in [3.05, 3.63) is 28.8 Å². The Labute approximate surface area is 105 Å². The fourth-order valence-corrected chi connectivity index (χ4v) is 2.50. The first-order chi connectivity index (χ1) is 7.75. The second kappa shape index (κ2) is 3.76. The maximum absolute atomic E-state index is 5.96. The van der Waals surface area contributed by atoms with Gasteiger partial charge in [-0.3, -0.25) is 0 Å². The highest BCUT2D eigenvalue weighted by Gasteiger charge is 2.40. The van der Waals surface area contributed by atoms with E-state index in [-0.39, 0.29) is 11.0 Å². The van der Waals surface area contributed by atoms with Crippen LogP contribution in [0.2, 0.25) is 0 Å². The Kier molecular flexibility index (Phi) is 2.76. The summed E-state index contributed by atoms with van der Waals surface area (Å²) in [6, 6.07) is 4.66. The Hall–Kier alpha value is -0.980. The molecule has 94 valence electrons. The number of benzene rings is 1. The van der Waals surface area contributed by atoms with E-state index in [2.05, 4.69) is 53.7 Å². The second-order valence-electron chi connectivity index (χ2n) is 6.63. The van der Waals surface area contributed by atoms with Crippen molar-refractivity contribution in [1.82, 2.24) is 0 Å². The van der Waals surface area contributed by atoms with Gasteiger partial charge >= 0.3 is 0 Å². The van der Waals surface area contributed by atoms with Gasteiger partial charge in [-0.15, -0.1) is 0 Å².